The molecule has 4 nitrogen and oxygen atoms in total. The lowest BCUT2D eigenvalue weighted by atomic mass is 10.1. The molecule has 0 bridgehead atoms. The molecule has 1 atom stereocenters. The van der Waals surface area contributed by atoms with Gasteiger partial charge in [0.2, 0.25) is 10.0 Å². The summed E-state index contributed by atoms with van der Waals surface area (Å²) < 4.78 is 4.52. The van der Waals surface area contributed by atoms with Crippen molar-refractivity contribution in [2.24, 2.45) is 0 Å². The molecule has 0 aliphatic heterocycles. The molecule has 0 radical (unpaired) electrons. The van der Waals surface area contributed by atoms with Crippen molar-refractivity contribution in [2.75, 3.05) is 0 Å². The van der Waals surface area contributed by atoms with Gasteiger partial charge in [-0.2, -0.15) is 5.26 Å². The molecule has 0 aliphatic rings. The molecule has 0 N–H and O–H groups in total. The van der Waals surface area contributed by atoms with Crippen molar-refractivity contribution in [3.8, 4) is 17.2 Å². The van der Waals surface area contributed by atoms with Crippen LogP contribution in [-0.4, -0.2) is 14.3 Å². The third-order valence-electron chi connectivity index (χ3n) is 2.96. The number of rotatable bonds is 3. The average molecular weight is 392 g/mol. The molecule has 8 heteroatoms. The Morgan fingerprint density at radius 1 is 1.26 bits per heavy atom. The van der Waals surface area contributed by atoms with Crippen LogP contribution in [0.5, 0.6) is 0 Å². The highest BCUT2D eigenvalue weighted by atomic mass is 35.6. The van der Waals surface area contributed by atoms with Crippen LogP contribution in [0.25, 0.3) is 11.1 Å². The number of aromatic nitrogens is 1. The molecular weight excluding hydrogens is 382 g/mol. The predicted octanol–water partition coefficient (Wildman–Crippen LogP) is 5.11. The van der Waals surface area contributed by atoms with E-state index >= 15 is 0 Å². The van der Waals surface area contributed by atoms with Crippen molar-refractivity contribution < 1.29 is 9.53 Å². The van der Waals surface area contributed by atoms with E-state index in [1.54, 1.807) is 30.5 Å². The molecule has 0 amide bonds. The molecular formula is C15H10Cl4N2O2. The quantitative estimate of drug-likeness (QED) is 0.539. The number of ether oxygens (including phenoxy) is 1. The van der Waals surface area contributed by atoms with E-state index in [9.17, 15) is 10.1 Å². The average Bonchev–Trinajstić information content (AvgIpc) is 2.87. The lowest BCUT2D eigenvalue weighted by Crippen LogP contribution is -2.27. The number of nitriles is 1. The van der Waals surface area contributed by atoms with E-state index in [1.165, 1.54) is 17.7 Å². The normalized spacial score (nSPS) is 12.5. The molecule has 0 saturated carbocycles. The fourth-order valence-electron chi connectivity index (χ4n) is 2.05. The Morgan fingerprint density at radius 3 is 2.43 bits per heavy atom. The first kappa shape index (κ1) is 18.0. The molecule has 2 aromatic rings. The van der Waals surface area contributed by atoms with E-state index in [-0.39, 0.29) is 0 Å². The number of benzene rings is 1. The summed E-state index contributed by atoms with van der Waals surface area (Å²) in [5, 5.41) is 9.81. The van der Waals surface area contributed by atoms with Gasteiger partial charge in [-0.1, -0.05) is 64.6 Å². The number of carbonyl (C=O) groups is 1. The molecule has 1 aromatic heterocycles. The van der Waals surface area contributed by atoms with E-state index in [1.807, 2.05) is 0 Å². The number of halogens is 4. The van der Waals surface area contributed by atoms with Gasteiger partial charge in [-0.15, -0.1) is 0 Å². The van der Waals surface area contributed by atoms with Crippen molar-refractivity contribution in [3.05, 3.63) is 47.2 Å². The molecule has 23 heavy (non-hydrogen) atoms. The van der Waals surface area contributed by atoms with Gasteiger partial charge in [0.05, 0.1) is 5.56 Å². The smallest absolute Gasteiger partial charge is 0.304 e. The maximum Gasteiger partial charge on any atom is 0.304 e. The molecule has 0 aliphatic carbocycles. The highest BCUT2D eigenvalue weighted by molar-refractivity contribution is 6.67. The molecule has 1 aromatic carbocycles. The van der Waals surface area contributed by atoms with Crippen LogP contribution in [0.1, 0.15) is 18.7 Å². The van der Waals surface area contributed by atoms with Crippen LogP contribution in [0.3, 0.4) is 0 Å². The van der Waals surface area contributed by atoms with Gasteiger partial charge in [0.1, 0.15) is 6.07 Å². The Balaban J connectivity index is 2.56. The lowest BCUT2D eigenvalue weighted by molar-refractivity contribution is -0.150. The minimum Gasteiger partial charge on any atom is -0.437 e. The maximum absolute atomic E-state index is 11.3. The molecule has 0 spiro atoms. The van der Waals surface area contributed by atoms with Crippen molar-refractivity contribution in [1.82, 2.24) is 4.57 Å². The second-order valence-electron chi connectivity index (χ2n) is 4.63. The first-order valence-electron chi connectivity index (χ1n) is 6.34. The zero-order valence-electron chi connectivity index (χ0n) is 11.8. The van der Waals surface area contributed by atoms with Gasteiger partial charge in [-0.3, -0.25) is 4.79 Å². The number of esters is 1. The lowest BCUT2D eigenvalue weighted by Gasteiger charge is -2.25. The van der Waals surface area contributed by atoms with Crippen LogP contribution < -0.4 is 0 Å². The van der Waals surface area contributed by atoms with E-state index in [0.29, 0.717) is 21.7 Å². The maximum atomic E-state index is 11.3. The molecule has 0 saturated heterocycles. The first-order chi connectivity index (χ1) is 10.7. The summed E-state index contributed by atoms with van der Waals surface area (Å²) in [5.41, 5.74) is 1.50. The van der Waals surface area contributed by atoms with Crippen LogP contribution in [0.2, 0.25) is 5.02 Å². The van der Waals surface area contributed by atoms with Crippen LogP contribution >= 0.6 is 46.4 Å². The number of hydrogen-bond acceptors (Lipinski definition) is 3. The summed E-state index contributed by atoms with van der Waals surface area (Å²) in [6.45, 7) is 1.20. The van der Waals surface area contributed by atoms with E-state index in [0.717, 1.165) is 0 Å². The molecule has 2 rings (SSSR count). The van der Waals surface area contributed by atoms with Crippen LogP contribution in [0, 0.1) is 11.3 Å². The second-order valence-corrected chi connectivity index (χ2v) is 7.40. The summed E-state index contributed by atoms with van der Waals surface area (Å²) in [6, 6.07) is 9.08. The van der Waals surface area contributed by atoms with E-state index < -0.39 is 16.0 Å². The Hall–Kier alpha value is -1.38. The Kier molecular flexibility index (Phi) is 5.49. The van der Waals surface area contributed by atoms with Crippen molar-refractivity contribution in [3.63, 3.8) is 0 Å². The fraction of sp³-hybridized carbons (Fsp3) is 0.200. The van der Waals surface area contributed by atoms with E-state index in [2.05, 4.69) is 6.07 Å². The topological polar surface area (TPSA) is 55.0 Å². The van der Waals surface area contributed by atoms with Gasteiger partial charge in [0, 0.05) is 35.5 Å². The molecule has 1 unspecified atom stereocenters. The van der Waals surface area contributed by atoms with Gasteiger partial charge >= 0.3 is 5.97 Å². The zero-order chi connectivity index (χ0) is 17.2. The second kappa shape index (κ2) is 7.02. The summed E-state index contributed by atoms with van der Waals surface area (Å²) in [7, 11) is 0. The van der Waals surface area contributed by atoms with Gasteiger partial charge in [-0.25, -0.2) is 0 Å². The van der Waals surface area contributed by atoms with Crippen molar-refractivity contribution in [2.45, 2.75) is 16.9 Å². The molecule has 0 fully saturated rings. The molecule has 120 valence electrons. The Bertz CT molecular complexity index is 775. The van der Waals surface area contributed by atoms with Gasteiger partial charge in [-0.05, 0) is 6.07 Å². The highest BCUT2D eigenvalue weighted by Gasteiger charge is 2.37. The summed E-state index contributed by atoms with van der Waals surface area (Å²) in [6.07, 6.45) is 1.78. The third-order valence-corrected chi connectivity index (χ3v) is 3.85. The Labute approximate surface area is 153 Å². The number of nitrogens with zero attached hydrogens (tertiary/aromatic N) is 2. The minimum atomic E-state index is -1.91. The van der Waals surface area contributed by atoms with Gasteiger partial charge in [0.15, 0.2) is 0 Å². The van der Waals surface area contributed by atoms with Gasteiger partial charge in [0.25, 0.3) is 0 Å². The summed E-state index contributed by atoms with van der Waals surface area (Å²) in [4.78, 5) is 11.3. The standard InChI is InChI=1S/C15H10Cl4N2O2/c1-9(22)23-14(15(17,18)19)21-7-10(6-20)12(8-21)11-4-2-3-5-13(11)16/h2-5,7-8,14H,1H3. The predicted molar refractivity (Wildman–Crippen MR) is 90.7 cm³/mol. The Morgan fingerprint density at radius 2 is 1.91 bits per heavy atom. The summed E-state index contributed by atoms with van der Waals surface area (Å²) >= 11 is 23.8. The largest absolute Gasteiger partial charge is 0.437 e. The van der Waals surface area contributed by atoms with E-state index in [4.69, 9.17) is 51.1 Å². The number of hydrogen-bond donors (Lipinski definition) is 0. The first-order valence-corrected chi connectivity index (χ1v) is 7.85. The SMILES string of the molecule is CC(=O)OC(n1cc(C#N)c(-c2ccccc2Cl)c1)C(Cl)(Cl)Cl. The monoisotopic (exact) mass is 390 g/mol. The third kappa shape index (κ3) is 4.13. The van der Waals surface area contributed by atoms with Gasteiger partial charge < -0.3 is 9.30 Å². The van der Waals surface area contributed by atoms with Crippen LogP contribution in [-0.2, 0) is 9.53 Å². The number of alkyl halides is 3. The van der Waals surface area contributed by atoms with Crippen LogP contribution in [0.4, 0.5) is 0 Å². The minimum absolute atomic E-state index is 0.310. The fourth-order valence-corrected chi connectivity index (χ4v) is 2.76. The molecule has 1 heterocycles. The highest BCUT2D eigenvalue weighted by Crippen LogP contribution is 2.41. The summed E-state index contributed by atoms with van der Waals surface area (Å²) in [5.74, 6) is -0.618. The van der Waals surface area contributed by atoms with Crippen LogP contribution in [0.15, 0.2) is 36.7 Å². The number of carbonyl (C=O) groups excluding carboxylic acids is 1. The van der Waals surface area contributed by atoms with Crippen molar-refractivity contribution >= 4 is 52.4 Å². The van der Waals surface area contributed by atoms with Crippen molar-refractivity contribution in [1.29, 1.82) is 5.26 Å². The zero-order valence-corrected chi connectivity index (χ0v) is 14.8.